The number of pyridine rings is 1. The highest BCUT2D eigenvalue weighted by Crippen LogP contribution is 2.48. The van der Waals surface area contributed by atoms with Crippen LogP contribution in [0.5, 0.6) is 0 Å². The Balaban J connectivity index is 1.92. The van der Waals surface area contributed by atoms with E-state index in [1.165, 1.54) is 12.8 Å². The highest BCUT2D eigenvalue weighted by molar-refractivity contribution is 5.51. The summed E-state index contributed by atoms with van der Waals surface area (Å²) in [5.74, 6) is 0.693. The van der Waals surface area contributed by atoms with E-state index >= 15 is 0 Å². The molecule has 1 heterocycles. The molecule has 2 rings (SSSR count). The topological polar surface area (TPSA) is 57.9 Å². The van der Waals surface area contributed by atoms with Crippen LogP contribution in [0.1, 0.15) is 24.8 Å². The zero-order valence-corrected chi connectivity index (χ0v) is 10.1. The second-order valence-corrected chi connectivity index (χ2v) is 4.61. The Bertz CT molecular complexity index is 421. The molecule has 0 unspecified atom stereocenters. The predicted molar refractivity (Wildman–Crippen MR) is 65.6 cm³/mol. The third-order valence-electron chi connectivity index (χ3n) is 3.35. The summed E-state index contributed by atoms with van der Waals surface area (Å²) in [6.45, 7) is 1.68. The third kappa shape index (κ3) is 2.95. The number of nitrogens with one attached hydrogen (secondary N) is 1. The zero-order valence-electron chi connectivity index (χ0n) is 10.1. The molecule has 0 saturated heterocycles. The van der Waals surface area contributed by atoms with Gasteiger partial charge in [0.1, 0.15) is 11.9 Å². The molecule has 1 aliphatic rings. The fraction of sp³-hybridized carbons (Fsp3) is 0.538. The van der Waals surface area contributed by atoms with E-state index in [4.69, 9.17) is 10.00 Å². The van der Waals surface area contributed by atoms with Crippen LogP contribution in [0.4, 0.5) is 5.82 Å². The van der Waals surface area contributed by atoms with Gasteiger partial charge in [-0.2, -0.15) is 5.26 Å². The van der Waals surface area contributed by atoms with Crippen molar-refractivity contribution in [3.8, 4) is 6.07 Å². The van der Waals surface area contributed by atoms with E-state index in [2.05, 4.69) is 16.4 Å². The maximum absolute atomic E-state index is 8.95. The molecule has 1 aromatic heterocycles. The second-order valence-electron chi connectivity index (χ2n) is 4.61. The molecule has 1 aromatic rings. The first-order valence-corrected chi connectivity index (χ1v) is 5.88. The highest BCUT2D eigenvalue weighted by atomic mass is 16.5. The largest absolute Gasteiger partial charge is 0.385 e. The average Bonchev–Trinajstić information content (AvgIpc) is 3.15. The van der Waals surface area contributed by atoms with Gasteiger partial charge in [-0.1, -0.05) is 0 Å². The van der Waals surface area contributed by atoms with E-state index in [1.807, 2.05) is 0 Å². The molecule has 1 saturated carbocycles. The van der Waals surface area contributed by atoms with Crippen LogP contribution in [-0.4, -0.2) is 25.2 Å². The number of nitrogens with zero attached hydrogens (tertiary/aromatic N) is 2. The number of methoxy groups -OCH3 is 1. The van der Waals surface area contributed by atoms with E-state index in [-0.39, 0.29) is 0 Å². The number of hydrogen-bond acceptors (Lipinski definition) is 4. The lowest BCUT2D eigenvalue weighted by atomic mass is 10.0. The van der Waals surface area contributed by atoms with Crippen LogP contribution < -0.4 is 5.32 Å². The number of hydrogen-bond donors (Lipinski definition) is 1. The van der Waals surface area contributed by atoms with Crippen LogP contribution in [-0.2, 0) is 4.74 Å². The van der Waals surface area contributed by atoms with Gasteiger partial charge in [-0.15, -0.1) is 0 Å². The second kappa shape index (κ2) is 5.15. The molecule has 0 aliphatic heterocycles. The minimum absolute atomic E-state index is 0.361. The summed E-state index contributed by atoms with van der Waals surface area (Å²) in [6.07, 6.45) is 5.25. The Morgan fingerprint density at radius 3 is 3.06 bits per heavy atom. The Morgan fingerprint density at radius 1 is 1.59 bits per heavy atom. The Morgan fingerprint density at radius 2 is 2.41 bits per heavy atom. The van der Waals surface area contributed by atoms with Crippen LogP contribution in [0.2, 0.25) is 0 Å². The molecular weight excluding hydrogens is 214 g/mol. The summed E-state index contributed by atoms with van der Waals surface area (Å²) >= 11 is 0. The number of rotatable bonds is 6. The van der Waals surface area contributed by atoms with Crippen molar-refractivity contribution in [2.24, 2.45) is 5.41 Å². The molecule has 1 aliphatic carbocycles. The lowest BCUT2D eigenvalue weighted by Gasteiger charge is -2.16. The first kappa shape index (κ1) is 11.9. The summed E-state index contributed by atoms with van der Waals surface area (Å²) in [5, 5.41) is 12.2. The molecule has 90 valence electrons. The Labute approximate surface area is 102 Å². The Hall–Kier alpha value is -1.60. The van der Waals surface area contributed by atoms with Crippen molar-refractivity contribution in [1.29, 1.82) is 5.26 Å². The van der Waals surface area contributed by atoms with Crippen molar-refractivity contribution in [2.45, 2.75) is 19.3 Å². The SMILES string of the molecule is COCCC1(CNc2ncccc2C#N)CC1. The van der Waals surface area contributed by atoms with Gasteiger partial charge in [-0.3, -0.25) is 0 Å². The van der Waals surface area contributed by atoms with Gasteiger partial charge in [0.05, 0.1) is 5.56 Å². The lowest BCUT2D eigenvalue weighted by Crippen LogP contribution is -2.18. The van der Waals surface area contributed by atoms with Gasteiger partial charge in [0, 0.05) is 26.5 Å². The molecule has 17 heavy (non-hydrogen) atoms. The summed E-state index contributed by atoms with van der Waals surface area (Å²) in [6, 6.07) is 5.71. The van der Waals surface area contributed by atoms with Crippen molar-refractivity contribution < 1.29 is 4.74 Å². The van der Waals surface area contributed by atoms with Crippen molar-refractivity contribution in [3.05, 3.63) is 23.9 Å². The summed E-state index contributed by atoms with van der Waals surface area (Å²) in [7, 11) is 1.73. The molecule has 4 nitrogen and oxygen atoms in total. The number of anilines is 1. The summed E-state index contributed by atoms with van der Waals surface area (Å²) < 4.78 is 5.12. The van der Waals surface area contributed by atoms with Gasteiger partial charge in [-0.25, -0.2) is 4.98 Å². The molecule has 0 spiro atoms. The van der Waals surface area contributed by atoms with Gasteiger partial charge < -0.3 is 10.1 Å². The van der Waals surface area contributed by atoms with Crippen LogP contribution in [0, 0.1) is 16.7 Å². The van der Waals surface area contributed by atoms with E-state index in [0.29, 0.717) is 16.8 Å². The molecule has 1 fully saturated rings. The predicted octanol–water partition coefficient (Wildman–Crippen LogP) is 2.18. The first-order chi connectivity index (χ1) is 8.29. The molecule has 0 amide bonds. The summed E-state index contributed by atoms with van der Waals surface area (Å²) in [4.78, 5) is 4.20. The van der Waals surface area contributed by atoms with E-state index in [1.54, 1.807) is 25.4 Å². The van der Waals surface area contributed by atoms with Crippen molar-refractivity contribution in [2.75, 3.05) is 25.6 Å². The maximum Gasteiger partial charge on any atom is 0.143 e. The molecule has 0 radical (unpaired) electrons. The fourth-order valence-corrected chi connectivity index (χ4v) is 1.92. The quantitative estimate of drug-likeness (QED) is 0.815. The first-order valence-electron chi connectivity index (χ1n) is 5.88. The van der Waals surface area contributed by atoms with Crippen molar-refractivity contribution in [1.82, 2.24) is 4.98 Å². The van der Waals surface area contributed by atoms with Gasteiger partial charge >= 0.3 is 0 Å². The van der Waals surface area contributed by atoms with Crippen molar-refractivity contribution >= 4 is 5.82 Å². The van der Waals surface area contributed by atoms with Crippen LogP contribution in [0.3, 0.4) is 0 Å². The number of nitriles is 1. The van der Waals surface area contributed by atoms with E-state index in [0.717, 1.165) is 19.6 Å². The average molecular weight is 231 g/mol. The zero-order chi connectivity index (χ0) is 12.1. The molecule has 0 bridgehead atoms. The molecule has 0 atom stereocenters. The summed E-state index contributed by atoms with van der Waals surface area (Å²) in [5.41, 5.74) is 0.968. The monoisotopic (exact) mass is 231 g/mol. The smallest absolute Gasteiger partial charge is 0.143 e. The normalized spacial score (nSPS) is 16.2. The highest BCUT2D eigenvalue weighted by Gasteiger charge is 2.41. The van der Waals surface area contributed by atoms with Gasteiger partial charge in [0.2, 0.25) is 0 Å². The standard InChI is InChI=1S/C13H17N3O/c1-17-8-6-13(4-5-13)10-16-12-11(9-14)3-2-7-15-12/h2-3,7H,4-6,8,10H2,1H3,(H,15,16). The fourth-order valence-electron chi connectivity index (χ4n) is 1.92. The molecule has 0 aromatic carbocycles. The third-order valence-corrected chi connectivity index (χ3v) is 3.35. The number of aromatic nitrogens is 1. The van der Waals surface area contributed by atoms with E-state index < -0.39 is 0 Å². The Kier molecular flexibility index (Phi) is 3.60. The number of ether oxygens (including phenoxy) is 1. The van der Waals surface area contributed by atoms with Crippen LogP contribution in [0.15, 0.2) is 18.3 Å². The maximum atomic E-state index is 8.95. The molecule has 1 N–H and O–H groups in total. The van der Waals surface area contributed by atoms with Gasteiger partial charge in [-0.05, 0) is 36.8 Å². The minimum Gasteiger partial charge on any atom is -0.385 e. The van der Waals surface area contributed by atoms with Crippen LogP contribution >= 0.6 is 0 Å². The lowest BCUT2D eigenvalue weighted by molar-refractivity contribution is 0.175. The van der Waals surface area contributed by atoms with Gasteiger partial charge in [0.25, 0.3) is 0 Å². The minimum atomic E-state index is 0.361. The van der Waals surface area contributed by atoms with Crippen molar-refractivity contribution in [3.63, 3.8) is 0 Å². The van der Waals surface area contributed by atoms with Crippen LogP contribution in [0.25, 0.3) is 0 Å². The molecule has 4 heteroatoms. The molecular formula is C13H17N3O. The van der Waals surface area contributed by atoms with E-state index in [9.17, 15) is 0 Å². The van der Waals surface area contributed by atoms with Gasteiger partial charge in [0.15, 0.2) is 0 Å².